The summed E-state index contributed by atoms with van der Waals surface area (Å²) in [5, 5.41) is 9.29. The molecule has 2 heterocycles. The number of hydrogen-bond donors (Lipinski definition) is 1. The van der Waals surface area contributed by atoms with E-state index in [4.69, 9.17) is 14.2 Å². The SMILES string of the molecule is COC1(C(=O)O)CCN(C(=O)c2ccc3c(c2)OCCO3)C1. The Morgan fingerprint density at radius 3 is 2.64 bits per heavy atom. The molecule has 7 nitrogen and oxygen atoms in total. The highest BCUT2D eigenvalue weighted by molar-refractivity contribution is 5.96. The average molecular weight is 307 g/mol. The van der Waals surface area contributed by atoms with Gasteiger partial charge in [0.1, 0.15) is 13.2 Å². The predicted octanol–water partition coefficient (Wildman–Crippen LogP) is 0.773. The second-order valence-electron chi connectivity index (χ2n) is 5.34. The van der Waals surface area contributed by atoms with Crippen LogP contribution in [0.1, 0.15) is 16.8 Å². The van der Waals surface area contributed by atoms with Gasteiger partial charge in [-0.3, -0.25) is 4.79 Å². The van der Waals surface area contributed by atoms with Crippen molar-refractivity contribution in [3.05, 3.63) is 23.8 Å². The first-order valence-electron chi connectivity index (χ1n) is 7.03. The number of carbonyl (C=O) groups is 2. The predicted molar refractivity (Wildman–Crippen MR) is 75.3 cm³/mol. The van der Waals surface area contributed by atoms with E-state index in [2.05, 4.69) is 0 Å². The van der Waals surface area contributed by atoms with Crippen LogP contribution in [-0.4, -0.2) is 60.9 Å². The molecule has 0 saturated carbocycles. The average Bonchev–Trinajstić information content (AvgIpc) is 2.99. The van der Waals surface area contributed by atoms with Crippen LogP contribution in [0.3, 0.4) is 0 Å². The topological polar surface area (TPSA) is 85.3 Å². The molecule has 0 aliphatic carbocycles. The summed E-state index contributed by atoms with van der Waals surface area (Å²) < 4.78 is 16.0. The largest absolute Gasteiger partial charge is 0.486 e. The summed E-state index contributed by atoms with van der Waals surface area (Å²) in [4.78, 5) is 25.4. The summed E-state index contributed by atoms with van der Waals surface area (Å²) >= 11 is 0. The second kappa shape index (κ2) is 5.49. The lowest BCUT2D eigenvalue weighted by Gasteiger charge is -2.23. The normalized spacial score (nSPS) is 23.4. The molecule has 2 aliphatic heterocycles. The van der Waals surface area contributed by atoms with Crippen molar-refractivity contribution in [1.82, 2.24) is 4.90 Å². The molecule has 1 fully saturated rings. The Bertz CT molecular complexity index is 616. The molecule has 3 rings (SSSR count). The van der Waals surface area contributed by atoms with Crippen molar-refractivity contribution in [2.24, 2.45) is 0 Å². The van der Waals surface area contributed by atoms with Gasteiger partial charge >= 0.3 is 5.97 Å². The fraction of sp³-hybridized carbons (Fsp3) is 0.467. The Balaban J connectivity index is 1.79. The van der Waals surface area contributed by atoms with Gasteiger partial charge < -0.3 is 24.2 Å². The molecule has 1 N–H and O–H groups in total. The Labute approximate surface area is 127 Å². The highest BCUT2D eigenvalue weighted by Crippen LogP contribution is 2.32. The number of amides is 1. The van der Waals surface area contributed by atoms with Crippen molar-refractivity contribution in [2.75, 3.05) is 33.4 Å². The van der Waals surface area contributed by atoms with Gasteiger partial charge in [0, 0.05) is 25.6 Å². The van der Waals surface area contributed by atoms with Crippen LogP contribution in [0.25, 0.3) is 0 Å². The Hall–Kier alpha value is -2.28. The molecule has 1 aromatic carbocycles. The number of carboxylic acids is 1. The van der Waals surface area contributed by atoms with Gasteiger partial charge in [0.2, 0.25) is 0 Å². The van der Waals surface area contributed by atoms with E-state index in [-0.39, 0.29) is 18.9 Å². The van der Waals surface area contributed by atoms with Gasteiger partial charge in [0.25, 0.3) is 5.91 Å². The van der Waals surface area contributed by atoms with E-state index in [1.807, 2.05) is 0 Å². The molecule has 7 heteroatoms. The van der Waals surface area contributed by atoms with Crippen LogP contribution in [0.5, 0.6) is 11.5 Å². The van der Waals surface area contributed by atoms with Crippen molar-refractivity contribution in [3.63, 3.8) is 0 Å². The minimum Gasteiger partial charge on any atom is -0.486 e. The number of methoxy groups -OCH3 is 1. The van der Waals surface area contributed by atoms with Crippen molar-refractivity contribution in [1.29, 1.82) is 0 Å². The highest BCUT2D eigenvalue weighted by atomic mass is 16.6. The van der Waals surface area contributed by atoms with E-state index in [0.29, 0.717) is 36.8 Å². The Kier molecular flexibility index (Phi) is 3.66. The molecule has 1 unspecified atom stereocenters. The molecular weight excluding hydrogens is 290 g/mol. The van der Waals surface area contributed by atoms with E-state index < -0.39 is 11.6 Å². The third-order valence-corrected chi connectivity index (χ3v) is 4.09. The molecule has 1 amide bonds. The molecular formula is C15H17NO6. The smallest absolute Gasteiger partial charge is 0.337 e. The summed E-state index contributed by atoms with van der Waals surface area (Å²) in [7, 11) is 1.35. The van der Waals surface area contributed by atoms with Crippen LogP contribution >= 0.6 is 0 Å². The molecule has 0 aromatic heterocycles. The quantitative estimate of drug-likeness (QED) is 0.888. The number of ether oxygens (including phenoxy) is 3. The maximum Gasteiger partial charge on any atom is 0.337 e. The zero-order valence-electron chi connectivity index (χ0n) is 12.2. The summed E-state index contributed by atoms with van der Waals surface area (Å²) in [6.07, 6.45) is 0.273. The molecule has 1 aromatic rings. The molecule has 118 valence electrons. The molecule has 1 atom stereocenters. The number of benzene rings is 1. The van der Waals surface area contributed by atoms with Gasteiger partial charge in [-0.15, -0.1) is 0 Å². The third kappa shape index (κ3) is 2.37. The third-order valence-electron chi connectivity index (χ3n) is 4.09. The number of aliphatic carboxylic acids is 1. The number of carbonyl (C=O) groups excluding carboxylic acids is 1. The summed E-state index contributed by atoms with van der Waals surface area (Å²) in [6.45, 7) is 1.31. The van der Waals surface area contributed by atoms with Gasteiger partial charge in [0.05, 0.1) is 6.54 Å². The van der Waals surface area contributed by atoms with Gasteiger partial charge in [-0.25, -0.2) is 4.79 Å². The zero-order valence-corrected chi connectivity index (χ0v) is 12.2. The van der Waals surface area contributed by atoms with Crippen LogP contribution in [0.4, 0.5) is 0 Å². The first kappa shape index (κ1) is 14.6. The number of rotatable bonds is 3. The summed E-state index contributed by atoms with van der Waals surface area (Å²) in [6, 6.07) is 4.98. The number of carboxylic acid groups (broad SMARTS) is 1. The van der Waals surface area contributed by atoms with Crippen LogP contribution in [0, 0.1) is 0 Å². The highest BCUT2D eigenvalue weighted by Gasteiger charge is 2.46. The number of hydrogen-bond acceptors (Lipinski definition) is 5. The minimum atomic E-state index is -1.32. The minimum absolute atomic E-state index is 0.0338. The van der Waals surface area contributed by atoms with Crippen LogP contribution in [0.2, 0.25) is 0 Å². The maximum absolute atomic E-state index is 12.5. The fourth-order valence-electron chi connectivity index (χ4n) is 2.74. The Morgan fingerprint density at radius 1 is 1.27 bits per heavy atom. The van der Waals surface area contributed by atoms with Crippen molar-refractivity contribution in [2.45, 2.75) is 12.0 Å². The lowest BCUT2D eigenvalue weighted by Crippen LogP contribution is -2.44. The first-order chi connectivity index (χ1) is 10.6. The molecule has 22 heavy (non-hydrogen) atoms. The van der Waals surface area contributed by atoms with Crippen LogP contribution < -0.4 is 9.47 Å². The molecule has 2 aliphatic rings. The Morgan fingerprint density at radius 2 is 2.00 bits per heavy atom. The van der Waals surface area contributed by atoms with Gasteiger partial charge in [-0.1, -0.05) is 0 Å². The summed E-state index contributed by atoms with van der Waals surface area (Å²) in [5.74, 6) is -0.141. The second-order valence-corrected chi connectivity index (χ2v) is 5.34. The molecule has 0 bridgehead atoms. The van der Waals surface area contributed by atoms with E-state index in [1.54, 1.807) is 18.2 Å². The zero-order chi connectivity index (χ0) is 15.7. The van der Waals surface area contributed by atoms with Crippen LogP contribution in [-0.2, 0) is 9.53 Å². The monoisotopic (exact) mass is 307 g/mol. The van der Waals surface area contributed by atoms with Gasteiger partial charge in [-0.05, 0) is 18.2 Å². The molecule has 0 radical (unpaired) electrons. The van der Waals surface area contributed by atoms with Crippen molar-refractivity contribution >= 4 is 11.9 Å². The molecule has 0 spiro atoms. The van der Waals surface area contributed by atoms with E-state index in [0.717, 1.165) is 0 Å². The number of likely N-dealkylation sites (tertiary alicyclic amines) is 1. The van der Waals surface area contributed by atoms with Crippen molar-refractivity contribution < 1.29 is 28.9 Å². The van der Waals surface area contributed by atoms with Gasteiger partial charge in [-0.2, -0.15) is 0 Å². The van der Waals surface area contributed by atoms with E-state index in [1.165, 1.54) is 12.0 Å². The lowest BCUT2D eigenvalue weighted by atomic mass is 10.0. The number of fused-ring (bicyclic) bond motifs is 1. The maximum atomic E-state index is 12.5. The van der Waals surface area contributed by atoms with Crippen LogP contribution in [0.15, 0.2) is 18.2 Å². The van der Waals surface area contributed by atoms with Crippen molar-refractivity contribution in [3.8, 4) is 11.5 Å². The fourth-order valence-corrected chi connectivity index (χ4v) is 2.74. The first-order valence-corrected chi connectivity index (χ1v) is 7.03. The standard InChI is InChI=1S/C15H17NO6/c1-20-15(14(18)19)4-5-16(9-15)13(17)10-2-3-11-12(8-10)22-7-6-21-11/h2-3,8H,4-7,9H2,1H3,(H,18,19). The van der Waals surface area contributed by atoms with Gasteiger partial charge in [0.15, 0.2) is 17.1 Å². The molecule has 1 saturated heterocycles. The summed E-state index contributed by atoms with van der Waals surface area (Å²) in [5.41, 5.74) is -0.870. The van der Waals surface area contributed by atoms with E-state index >= 15 is 0 Å². The number of nitrogens with zero attached hydrogens (tertiary/aromatic N) is 1. The van der Waals surface area contributed by atoms with E-state index in [9.17, 15) is 14.7 Å². The lowest BCUT2D eigenvalue weighted by molar-refractivity contribution is -0.160.